The highest BCUT2D eigenvalue weighted by Gasteiger charge is 2.29. The van der Waals surface area contributed by atoms with Gasteiger partial charge in [0.05, 0.1) is 36.6 Å². The van der Waals surface area contributed by atoms with Gasteiger partial charge in [-0.25, -0.2) is 4.98 Å². The molecule has 8 heteroatoms. The number of nitrogens with two attached hydrogens (primary N) is 1. The van der Waals surface area contributed by atoms with Crippen molar-refractivity contribution in [3.63, 3.8) is 0 Å². The van der Waals surface area contributed by atoms with Gasteiger partial charge >= 0.3 is 0 Å². The maximum Gasteiger partial charge on any atom is 0.253 e. The molecule has 0 radical (unpaired) electrons. The van der Waals surface area contributed by atoms with Crippen molar-refractivity contribution in [3.8, 4) is 0 Å². The van der Waals surface area contributed by atoms with E-state index in [1.807, 2.05) is 13.8 Å². The van der Waals surface area contributed by atoms with Crippen molar-refractivity contribution in [2.45, 2.75) is 39.0 Å². The van der Waals surface area contributed by atoms with E-state index in [9.17, 15) is 4.79 Å². The number of amides is 1. The van der Waals surface area contributed by atoms with Gasteiger partial charge in [-0.1, -0.05) is 5.16 Å². The molecule has 2 aromatic rings. The fourth-order valence-corrected chi connectivity index (χ4v) is 2.74. The first-order valence-corrected chi connectivity index (χ1v) is 8.18. The smallest absolute Gasteiger partial charge is 0.253 e. The van der Waals surface area contributed by atoms with E-state index < -0.39 is 0 Å². The summed E-state index contributed by atoms with van der Waals surface area (Å²) in [6.45, 7) is 5.13. The number of ether oxygens (including phenoxy) is 2. The third-order valence-electron chi connectivity index (χ3n) is 4.28. The van der Waals surface area contributed by atoms with E-state index in [-0.39, 0.29) is 18.1 Å². The van der Waals surface area contributed by atoms with Crippen LogP contribution in [0.2, 0.25) is 0 Å². The average molecular weight is 346 g/mol. The molecule has 0 aliphatic carbocycles. The number of nitrogens with zero attached hydrogens (tertiary/aromatic N) is 2. The second-order valence-electron chi connectivity index (χ2n) is 6.07. The summed E-state index contributed by atoms with van der Waals surface area (Å²) in [6.07, 6.45) is 2.01. The molecule has 2 aromatic heterocycles. The zero-order valence-electron chi connectivity index (χ0n) is 14.3. The van der Waals surface area contributed by atoms with Crippen molar-refractivity contribution in [2.24, 2.45) is 0 Å². The number of hydrogen-bond acceptors (Lipinski definition) is 7. The number of carbonyl (C=O) groups excluding carboxylic acids is 1. The molecule has 1 aliphatic heterocycles. The molecule has 2 atom stereocenters. The van der Waals surface area contributed by atoms with E-state index in [1.165, 1.54) is 6.20 Å². The third kappa shape index (κ3) is 4.15. The van der Waals surface area contributed by atoms with Gasteiger partial charge in [-0.05, 0) is 32.4 Å². The van der Waals surface area contributed by atoms with Crippen LogP contribution >= 0.6 is 0 Å². The van der Waals surface area contributed by atoms with Gasteiger partial charge in [-0.2, -0.15) is 0 Å². The van der Waals surface area contributed by atoms with Crippen LogP contribution in [0.15, 0.2) is 22.9 Å². The normalized spacial score (nSPS) is 20.4. The monoisotopic (exact) mass is 346 g/mol. The predicted octanol–water partition coefficient (Wildman–Crippen LogP) is 1.37. The van der Waals surface area contributed by atoms with E-state index in [0.29, 0.717) is 37.6 Å². The molecule has 8 nitrogen and oxygen atoms in total. The number of aryl methyl sites for hydroxylation is 2. The van der Waals surface area contributed by atoms with Gasteiger partial charge in [0.15, 0.2) is 0 Å². The summed E-state index contributed by atoms with van der Waals surface area (Å²) < 4.78 is 16.7. The molecule has 3 rings (SSSR count). The molecule has 0 spiro atoms. The molecule has 25 heavy (non-hydrogen) atoms. The molecule has 1 saturated heterocycles. The molecule has 3 N–H and O–H groups in total. The fourth-order valence-electron chi connectivity index (χ4n) is 2.74. The van der Waals surface area contributed by atoms with Crippen molar-refractivity contribution in [3.05, 3.63) is 40.9 Å². The van der Waals surface area contributed by atoms with Crippen LogP contribution in [-0.4, -0.2) is 41.4 Å². The molecular formula is C17H22N4O4. The first-order valence-electron chi connectivity index (χ1n) is 8.18. The van der Waals surface area contributed by atoms with Gasteiger partial charge in [0.25, 0.3) is 5.91 Å². The predicted molar refractivity (Wildman–Crippen MR) is 89.9 cm³/mol. The summed E-state index contributed by atoms with van der Waals surface area (Å²) in [5.74, 6) is 0.894. The SMILES string of the molecule is Cc1noc(C)c1CO[C@H]1CCOC[C@H]1NC(=O)c1ccc(N)nc1. The first-order chi connectivity index (χ1) is 12.0. The van der Waals surface area contributed by atoms with E-state index in [2.05, 4.69) is 15.5 Å². The van der Waals surface area contributed by atoms with Gasteiger partial charge < -0.3 is 25.0 Å². The number of nitrogens with one attached hydrogen (secondary N) is 1. The first kappa shape index (κ1) is 17.4. The molecule has 1 amide bonds. The van der Waals surface area contributed by atoms with Crippen LogP contribution in [0.25, 0.3) is 0 Å². The van der Waals surface area contributed by atoms with Gasteiger partial charge in [-0.3, -0.25) is 4.79 Å². The summed E-state index contributed by atoms with van der Waals surface area (Å²) in [5, 5.41) is 6.88. The standard InChI is InChI=1S/C17H22N4O4/c1-10-13(11(2)25-21-10)8-24-15-5-6-23-9-14(15)20-17(22)12-3-4-16(18)19-7-12/h3-4,7,14-15H,5-6,8-9H2,1-2H3,(H2,18,19)(H,20,22)/t14-,15+/m1/s1. The zero-order valence-corrected chi connectivity index (χ0v) is 14.3. The Morgan fingerprint density at radius 1 is 1.44 bits per heavy atom. The lowest BCUT2D eigenvalue weighted by atomic mass is 10.1. The van der Waals surface area contributed by atoms with Crippen LogP contribution in [0.3, 0.4) is 0 Å². The van der Waals surface area contributed by atoms with Crippen LogP contribution in [0, 0.1) is 13.8 Å². The maximum atomic E-state index is 12.4. The highest BCUT2D eigenvalue weighted by atomic mass is 16.5. The number of carbonyl (C=O) groups is 1. The van der Waals surface area contributed by atoms with Crippen LogP contribution in [0.5, 0.6) is 0 Å². The summed E-state index contributed by atoms with van der Waals surface area (Å²) in [7, 11) is 0. The van der Waals surface area contributed by atoms with Crippen molar-refractivity contribution >= 4 is 11.7 Å². The van der Waals surface area contributed by atoms with Crippen LogP contribution in [0.4, 0.5) is 5.82 Å². The van der Waals surface area contributed by atoms with E-state index in [4.69, 9.17) is 19.7 Å². The zero-order chi connectivity index (χ0) is 17.8. The van der Waals surface area contributed by atoms with Gasteiger partial charge in [0, 0.05) is 18.4 Å². The van der Waals surface area contributed by atoms with Gasteiger partial charge in [0.2, 0.25) is 0 Å². The minimum absolute atomic E-state index is 0.145. The average Bonchev–Trinajstić information content (AvgIpc) is 2.93. The Morgan fingerprint density at radius 2 is 2.28 bits per heavy atom. The van der Waals surface area contributed by atoms with Crippen molar-refractivity contribution < 1.29 is 18.8 Å². The molecular weight excluding hydrogens is 324 g/mol. The van der Waals surface area contributed by atoms with E-state index >= 15 is 0 Å². The number of rotatable bonds is 5. The minimum Gasteiger partial charge on any atom is -0.384 e. The lowest BCUT2D eigenvalue weighted by molar-refractivity contribution is -0.0608. The highest BCUT2D eigenvalue weighted by Crippen LogP contribution is 2.18. The summed E-state index contributed by atoms with van der Waals surface area (Å²) >= 11 is 0. The van der Waals surface area contributed by atoms with Gasteiger partial charge in [-0.15, -0.1) is 0 Å². The Morgan fingerprint density at radius 3 is 2.96 bits per heavy atom. The van der Waals surface area contributed by atoms with Crippen molar-refractivity contribution in [1.82, 2.24) is 15.5 Å². The summed E-state index contributed by atoms with van der Waals surface area (Å²) in [5.41, 5.74) is 7.76. The Balaban J connectivity index is 1.62. The fraction of sp³-hybridized carbons (Fsp3) is 0.471. The molecule has 0 bridgehead atoms. The van der Waals surface area contributed by atoms with Crippen LogP contribution in [-0.2, 0) is 16.1 Å². The summed E-state index contributed by atoms with van der Waals surface area (Å²) in [6, 6.07) is 3.00. The quantitative estimate of drug-likeness (QED) is 0.841. The molecule has 1 fully saturated rings. The number of pyridine rings is 1. The van der Waals surface area contributed by atoms with E-state index in [1.54, 1.807) is 12.1 Å². The Labute approximate surface area is 145 Å². The highest BCUT2D eigenvalue weighted by molar-refractivity contribution is 5.94. The number of aromatic nitrogens is 2. The lowest BCUT2D eigenvalue weighted by Gasteiger charge is -2.32. The summed E-state index contributed by atoms with van der Waals surface area (Å²) in [4.78, 5) is 16.3. The van der Waals surface area contributed by atoms with Crippen LogP contribution < -0.4 is 11.1 Å². The van der Waals surface area contributed by atoms with Crippen molar-refractivity contribution in [2.75, 3.05) is 18.9 Å². The molecule has 3 heterocycles. The van der Waals surface area contributed by atoms with Gasteiger partial charge in [0.1, 0.15) is 11.6 Å². The Kier molecular flexibility index (Phi) is 5.30. The second kappa shape index (κ2) is 7.62. The third-order valence-corrected chi connectivity index (χ3v) is 4.28. The molecule has 134 valence electrons. The van der Waals surface area contributed by atoms with Crippen LogP contribution in [0.1, 0.15) is 33.8 Å². The second-order valence-corrected chi connectivity index (χ2v) is 6.07. The molecule has 0 aromatic carbocycles. The molecule has 0 unspecified atom stereocenters. The number of nitrogen functional groups attached to an aromatic ring is 1. The Bertz CT molecular complexity index is 709. The number of hydrogen-bond donors (Lipinski definition) is 2. The van der Waals surface area contributed by atoms with Crippen molar-refractivity contribution in [1.29, 1.82) is 0 Å². The minimum atomic E-state index is -0.237. The lowest BCUT2D eigenvalue weighted by Crippen LogP contribution is -2.50. The Hall–Kier alpha value is -2.45. The topological polar surface area (TPSA) is 112 Å². The largest absolute Gasteiger partial charge is 0.384 e. The maximum absolute atomic E-state index is 12.4. The molecule has 1 aliphatic rings. The number of anilines is 1. The molecule has 0 saturated carbocycles. The van der Waals surface area contributed by atoms with E-state index in [0.717, 1.165) is 17.0 Å².